The normalized spacial score (nSPS) is 32.6. The molecule has 1 saturated heterocycles. The smallest absolute Gasteiger partial charge is 0.166 e. The summed E-state index contributed by atoms with van der Waals surface area (Å²) in [5.74, 6) is 0. The van der Waals surface area contributed by atoms with Crippen LogP contribution in [0.4, 0.5) is 0 Å². The Kier molecular flexibility index (Phi) is 0.754. The first-order valence-corrected chi connectivity index (χ1v) is 2.94. The molecule has 0 aliphatic carbocycles. The molecule has 1 unspecified atom stereocenters. The van der Waals surface area contributed by atoms with Gasteiger partial charge in [-0.05, 0) is 6.92 Å². The molecule has 1 atom stereocenters. The summed E-state index contributed by atoms with van der Waals surface area (Å²) < 4.78 is 7.13. The highest BCUT2D eigenvalue weighted by Crippen LogP contribution is 2.30. The van der Waals surface area contributed by atoms with Gasteiger partial charge in [-0.1, -0.05) is 0 Å². The summed E-state index contributed by atoms with van der Waals surface area (Å²) >= 11 is 0. The van der Waals surface area contributed by atoms with Crippen LogP contribution in [0.3, 0.4) is 0 Å². The van der Waals surface area contributed by atoms with Crippen molar-refractivity contribution in [3.63, 3.8) is 0 Å². The Bertz CT molecular complexity index is 201. The van der Waals surface area contributed by atoms with Crippen molar-refractivity contribution in [3.05, 3.63) is 18.7 Å². The summed E-state index contributed by atoms with van der Waals surface area (Å²) in [6.45, 7) is 2.85. The lowest BCUT2D eigenvalue weighted by molar-refractivity contribution is 0.246. The van der Waals surface area contributed by atoms with Crippen LogP contribution in [-0.4, -0.2) is 16.2 Å². The van der Waals surface area contributed by atoms with Gasteiger partial charge in [0.15, 0.2) is 5.72 Å². The quantitative estimate of drug-likeness (QED) is 0.513. The molecule has 0 radical (unpaired) electrons. The number of epoxide rings is 1. The maximum absolute atomic E-state index is 5.16. The molecule has 9 heavy (non-hydrogen) atoms. The van der Waals surface area contributed by atoms with Gasteiger partial charge in [0.05, 0.1) is 12.9 Å². The molecular weight excluding hydrogens is 116 g/mol. The predicted octanol–water partition coefficient (Wildman–Crippen LogP) is 0.586. The van der Waals surface area contributed by atoms with Gasteiger partial charge in [-0.3, -0.25) is 0 Å². The standard InChI is InChI=1S/C6H8N2O/c1-6(4-9-6)8-3-2-7-5-8/h2-3,5H,4H2,1H3. The lowest BCUT2D eigenvalue weighted by atomic mass is 10.4. The van der Waals surface area contributed by atoms with Gasteiger partial charge in [-0.15, -0.1) is 0 Å². The lowest BCUT2D eigenvalue weighted by Crippen LogP contribution is -2.10. The first-order valence-electron chi connectivity index (χ1n) is 2.94. The molecule has 0 aromatic carbocycles. The van der Waals surface area contributed by atoms with E-state index in [0.717, 1.165) is 6.61 Å². The summed E-state index contributed by atoms with van der Waals surface area (Å²) in [5, 5.41) is 0. The summed E-state index contributed by atoms with van der Waals surface area (Å²) in [4.78, 5) is 3.91. The van der Waals surface area contributed by atoms with Crippen molar-refractivity contribution in [2.24, 2.45) is 0 Å². The Labute approximate surface area is 53.3 Å². The summed E-state index contributed by atoms with van der Waals surface area (Å²) in [6, 6.07) is 0. The zero-order valence-electron chi connectivity index (χ0n) is 5.24. The van der Waals surface area contributed by atoms with Crippen LogP contribution in [0.1, 0.15) is 6.92 Å². The van der Waals surface area contributed by atoms with Crippen molar-refractivity contribution >= 4 is 0 Å². The molecule has 0 spiro atoms. The molecule has 0 N–H and O–H groups in total. The van der Waals surface area contributed by atoms with Crippen LogP contribution in [0.15, 0.2) is 18.7 Å². The largest absolute Gasteiger partial charge is 0.348 e. The average Bonchev–Trinajstić information content (AvgIpc) is 2.46. The molecule has 1 aromatic heterocycles. The minimum Gasteiger partial charge on any atom is -0.348 e. The van der Waals surface area contributed by atoms with Gasteiger partial charge < -0.3 is 9.30 Å². The first-order chi connectivity index (χ1) is 4.31. The minimum atomic E-state index is -0.0729. The van der Waals surface area contributed by atoms with Gasteiger partial charge in [0.1, 0.15) is 0 Å². The summed E-state index contributed by atoms with van der Waals surface area (Å²) in [7, 11) is 0. The predicted molar refractivity (Wildman–Crippen MR) is 31.8 cm³/mol. The van der Waals surface area contributed by atoms with Crippen LogP contribution in [0.25, 0.3) is 0 Å². The van der Waals surface area contributed by atoms with Gasteiger partial charge in [-0.2, -0.15) is 0 Å². The van der Waals surface area contributed by atoms with Crippen LogP contribution >= 0.6 is 0 Å². The third-order valence-electron chi connectivity index (χ3n) is 1.61. The van der Waals surface area contributed by atoms with E-state index in [1.54, 1.807) is 12.5 Å². The third-order valence-corrected chi connectivity index (χ3v) is 1.61. The molecule has 2 rings (SSSR count). The van der Waals surface area contributed by atoms with Crippen molar-refractivity contribution < 1.29 is 4.74 Å². The van der Waals surface area contributed by atoms with Crippen LogP contribution in [0.5, 0.6) is 0 Å². The molecule has 3 nitrogen and oxygen atoms in total. The maximum Gasteiger partial charge on any atom is 0.166 e. The Morgan fingerprint density at radius 2 is 2.56 bits per heavy atom. The van der Waals surface area contributed by atoms with E-state index in [0.29, 0.717) is 0 Å². The molecule has 2 heterocycles. The third kappa shape index (κ3) is 0.650. The fourth-order valence-corrected chi connectivity index (χ4v) is 0.792. The fraction of sp³-hybridized carbons (Fsp3) is 0.500. The Hall–Kier alpha value is -0.830. The van der Waals surface area contributed by atoms with Crippen LogP contribution in [0, 0.1) is 0 Å². The molecule has 0 bridgehead atoms. The van der Waals surface area contributed by atoms with Crippen molar-refractivity contribution in [2.75, 3.05) is 6.61 Å². The lowest BCUT2D eigenvalue weighted by Gasteiger charge is -2.03. The molecule has 1 fully saturated rings. The van der Waals surface area contributed by atoms with Crippen molar-refractivity contribution in [3.8, 4) is 0 Å². The number of nitrogens with zero attached hydrogens (tertiary/aromatic N) is 2. The van der Waals surface area contributed by atoms with Crippen LogP contribution in [0.2, 0.25) is 0 Å². The number of ether oxygens (including phenoxy) is 1. The monoisotopic (exact) mass is 124 g/mol. The van der Waals surface area contributed by atoms with E-state index >= 15 is 0 Å². The Morgan fingerprint density at radius 1 is 1.78 bits per heavy atom. The van der Waals surface area contributed by atoms with E-state index in [1.807, 2.05) is 17.7 Å². The molecule has 3 heteroatoms. The average molecular weight is 124 g/mol. The van der Waals surface area contributed by atoms with E-state index in [9.17, 15) is 0 Å². The topological polar surface area (TPSA) is 30.4 Å². The van der Waals surface area contributed by atoms with E-state index in [4.69, 9.17) is 4.74 Å². The van der Waals surface area contributed by atoms with Gasteiger partial charge in [0.2, 0.25) is 0 Å². The number of rotatable bonds is 1. The van der Waals surface area contributed by atoms with Crippen molar-refractivity contribution in [2.45, 2.75) is 12.6 Å². The second-order valence-corrected chi connectivity index (χ2v) is 2.43. The van der Waals surface area contributed by atoms with E-state index in [1.165, 1.54) is 0 Å². The first kappa shape index (κ1) is 4.99. The van der Waals surface area contributed by atoms with Gasteiger partial charge >= 0.3 is 0 Å². The number of aromatic nitrogens is 2. The molecular formula is C6H8N2O. The van der Waals surface area contributed by atoms with Crippen LogP contribution < -0.4 is 0 Å². The van der Waals surface area contributed by atoms with Crippen LogP contribution in [-0.2, 0) is 10.5 Å². The maximum atomic E-state index is 5.16. The SMILES string of the molecule is CC1(n2ccnc2)CO1. The highest BCUT2D eigenvalue weighted by atomic mass is 16.6. The second-order valence-electron chi connectivity index (χ2n) is 2.43. The Balaban J connectivity index is 2.34. The van der Waals surface area contributed by atoms with Crippen molar-refractivity contribution in [1.82, 2.24) is 9.55 Å². The highest BCUT2D eigenvalue weighted by Gasteiger charge is 2.40. The zero-order chi connectivity index (χ0) is 6.32. The van der Waals surface area contributed by atoms with Gasteiger partial charge in [0.25, 0.3) is 0 Å². The fourth-order valence-electron chi connectivity index (χ4n) is 0.792. The highest BCUT2D eigenvalue weighted by molar-refractivity contribution is 4.89. The molecule has 48 valence electrons. The summed E-state index contributed by atoms with van der Waals surface area (Å²) in [6.07, 6.45) is 5.44. The van der Waals surface area contributed by atoms with E-state index in [2.05, 4.69) is 4.98 Å². The number of imidazole rings is 1. The molecule has 0 saturated carbocycles. The van der Waals surface area contributed by atoms with E-state index < -0.39 is 0 Å². The Morgan fingerprint density at radius 3 is 3.00 bits per heavy atom. The second kappa shape index (κ2) is 1.36. The molecule has 1 aromatic rings. The molecule has 1 aliphatic rings. The zero-order valence-corrected chi connectivity index (χ0v) is 5.24. The van der Waals surface area contributed by atoms with Gasteiger partial charge in [0, 0.05) is 12.4 Å². The summed E-state index contributed by atoms with van der Waals surface area (Å²) in [5.41, 5.74) is -0.0729. The van der Waals surface area contributed by atoms with E-state index in [-0.39, 0.29) is 5.72 Å². The molecule has 1 aliphatic heterocycles. The number of hydrogen-bond acceptors (Lipinski definition) is 2. The number of hydrogen-bond donors (Lipinski definition) is 0. The van der Waals surface area contributed by atoms with Crippen molar-refractivity contribution in [1.29, 1.82) is 0 Å². The molecule has 0 amide bonds. The minimum absolute atomic E-state index is 0.0729. The van der Waals surface area contributed by atoms with Gasteiger partial charge in [-0.25, -0.2) is 4.98 Å².